The van der Waals surface area contributed by atoms with Gasteiger partial charge >= 0.3 is 5.97 Å². The fraction of sp³-hybridized carbons (Fsp3) is 0.526. The van der Waals surface area contributed by atoms with Crippen LogP contribution in [0.3, 0.4) is 0 Å². The third-order valence-corrected chi connectivity index (χ3v) is 4.22. The molecule has 0 spiro atoms. The molecule has 1 aromatic rings. The van der Waals surface area contributed by atoms with Crippen LogP contribution >= 0.6 is 0 Å². The maximum atomic E-state index is 12.7. The number of aliphatic carboxylic acids is 1. The Morgan fingerprint density at radius 2 is 1.60 bits per heavy atom. The zero-order valence-electron chi connectivity index (χ0n) is 15.3. The Hall–Kier alpha value is -2.37. The van der Waals surface area contributed by atoms with Crippen molar-refractivity contribution in [1.29, 1.82) is 0 Å². The molecule has 6 heteroatoms. The highest BCUT2D eigenvalue weighted by molar-refractivity contribution is 5.91. The average Bonchev–Trinajstić information content (AvgIpc) is 2.58. The van der Waals surface area contributed by atoms with E-state index in [1.165, 1.54) is 0 Å². The monoisotopic (exact) mass is 348 g/mol. The Morgan fingerprint density at radius 3 is 2.08 bits per heavy atom. The molecule has 0 aliphatic heterocycles. The number of hydrogen-bond donors (Lipinski definition) is 3. The summed E-state index contributed by atoms with van der Waals surface area (Å²) in [5.74, 6) is -2.27. The molecule has 1 aromatic carbocycles. The van der Waals surface area contributed by atoms with E-state index in [2.05, 4.69) is 10.6 Å². The Kier molecular flexibility index (Phi) is 8.11. The van der Waals surface area contributed by atoms with Crippen molar-refractivity contribution < 1.29 is 19.5 Å². The van der Waals surface area contributed by atoms with Gasteiger partial charge in [0.15, 0.2) is 0 Å². The van der Waals surface area contributed by atoms with E-state index < -0.39 is 24.0 Å². The van der Waals surface area contributed by atoms with Gasteiger partial charge in [0.25, 0.3) is 0 Å². The van der Waals surface area contributed by atoms with E-state index in [-0.39, 0.29) is 17.7 Å². The molecule has 3 N–H and O–H groups in total. The molecular weight excluding hydrogens is 320 g/mol. The minimum absolute atomic E-state index is 0.209. The van der Waals surface area contributed by atoms with Crippen LogP contribution in [0.5, 0.6) is 0 Å². The lowest BCUT2D eigenvalue weighted by Gasteiger charge is -2.25. The van der Waals surface area contributed by atoms with Crippen LogP contribution in [-0.4, -0.2) is 35.0 Å². The van der Waals surface area contributed by atoms with Crippen LogP contribution in [0.4, 0.5) is 0 Å². The van der Waals surface area contributed by atoms with Crippen LogP contribution in [-0.2, 0) is 20.8 Å². The highest BCUT2D eigenvalue weighted by Crippen LogP contribution is 2.10. The van der Waals surface area contributed by atoms with E-state index in [9.17, 15) is 19.5 Å². The van der Waals surface area contributed by atoms with Crippen molar-refractivity contribution in [1.82, 2.24) is 10.6 Å². The predicted octanol–water partition coefficient (Wildman–Crippen LogP) is 1.99. The second-order valence-electron chi connectivity index (χ2n) is 6.62. The van der Waals surface area contributed by atoms with Gasteiger partial charge in [-0.2, -0.15) is 0 Å². The SMILES string of the molecule is CC[C@H](C)[C@H](NC(=O)[C@H](Cc1ccccc1)NC(=O)C(C)C)C(=O)O. The van der Waals surface area contributed by atoms with Crippen LogP contribution in [0.25, 0.3) is 0 Å². The summed E-state index contributed by atoms with van der Waals surface area (Å²) < 4.78 is 0. The normalized spacial score (nSPS) is 14.4. The molecular formula is C19H28N2O4. The summed E-state index contributed by atoms with van der Waals surface area (Å²) in [5, 5.41) is 14.7. The molecule has 3 atom stereocenters. The van der Waals surface area contributed by atoms with E-state index >= 15 is 0 Å². The van der Waals surface area contributed by atoms with E-state index in [0.29, 0.717) is 12.8 Å². The van der Waals surface area contributed by atoms with Crippen LogP contribution < -0.4 is 10.6 Å². The van der Waals surface area contributed by atoms with Gasteiger partial charge in [-0.1, -0.05) is 64.4 Å². The zero-order valence-corrected chi connectivity index (χ0v) is 15.3. The van der Waals surface area contributed by atoms with Gasteiger partial charge < -0.3 is 15.7 Å². The number of carbonyl (C=O) groups excluding carboxylic acids is 2. The first kappa shape index (κ1) is 20.7. The summed E-state index contributed by atoms with van der Waals surface area (Å²) >= 11 is 0. The van der Waals surface area contributed by atoms with Gasteiger partial charge in [0.05, 0.1) is 0 Å². The summed E-state index contributed by atoms with van der Waals surface area (Å²) in [6.45, 7) is 7.13. The molecule has 0 radical (unpaired) electrons. The minimum Gasteiger partial charge on any atom is -0.480 e. The smallest absolute Gasteiger partial charge is 0.326 e. The first-order chi connectivity index (χ1) is 11.8. The Labute approximate surface area is 149 Å². The molecule has 0 saturated carbocycles. The highest BCUT2D eigenvalue weighted by atomic mass is 16.4. The van der Waals surface area contributed by atoms with Gasteiger partial charge in [0, 0.05) is 12.3 Å². The number of carboxylic acids is 1. The fourth-order valence-corrected chi connectivity index (χ4v) is 2.33. The largest absolute Gasteiger partial charge is 0.480 e. The lowest BCUT2D eigenvalue weighted by molar-refractivity contribution is -0.143. The van der Waals surface area contributed by atoms with Gasteiger partial charge in [0.1, 0.15) is 12.1 Å². The van der Waals surface area contributed by atoms with Gasteiger partial charge in [-0.15, -0.1) is 0 Å². The molecule has 0 saturated heterocycles. The maximum Gasteiger partial charge on any atom is 0.326 e. The van der Waals surface area contributed by atoms with Gasteiger partial charge in [-0.05, 0) is 11.5 Å². The second kappa shape index (κ2) is 9.81. The second-order valence-corrected chi connectivity index (χ2v) is 6.62. The Balaban J connectivity index is 2.94. The molecule has 0 aromatic heterocycles. The number of carbonyl (C=O) groups is 3. The van der Waals surface area contributed by atoms with E-state index in [0.717, 1.165) is 5.56 Å². The number of nitrogens with one attached hydrogen (secondary N) is 2. The van der Waals surface area contributed by atoms with Crippen LogP contribution in [0, 0.1) is 11.8 Å². The summed E-state index contributed by atoms with van der Waals surface area (Å²) in [5.41, 5.74) is 0.891. The number of hydrogen-bond acceptors (Lipinski definition) is 3. The van der Waals surface area contributed by atoms with Gasteiger partial charge in [-0.3, -0.25) is 9.59 Å². The molecule has 0 aliphatic carbocycles. The van der Waals surface area contributed by atoms with Crippen molar-refractivity contribution in [2.45, 2.75) is 52.6 Å². The van der Waals surface area contributed by atoms with Crippen LogP contribution in [0.15, 0.2) is 30.3 Å². The van der Waals surface area contributed by atoms with Crippen molar-refractivity contribution in [3.8, 4) is 0 Å². The van der Waals surface area contributed by atoms with Crippen molar-refractivity contribution >= 4 is 17.8 Å². The summed E-state index contributed by atoms with van der Waals surface area (Å²) in [4.78, 5) is 36.1. The van der Waals surface area contributed by atoms with Crippen molar-refractivity contribution in [2.75, 3.05) is 0 Å². The number of carboxylic acid groups (broad SMARTS) is 1. The zero-order chi connectivity index (χ0) is 19.0. The van der Waals surface area contributed by atoms with Crippen molar-refractivity contribution in [3.05, 3.63) is 35.9 Å². The quantitative estimate of drug-likeness (QED) is 0.636. The molecule has 2 amide bonds. The highest BCUT2D eigenvalue weighted by Gasteiger charge is 2.30. The van der Waals surface area contributed by atoms with Gasteiger partial charge in [0.2, 0.25) is 11.8 Å². The summed E-state index contributed by atoms with van der Waals surface area (Å²) in [6, 6.07) is 7.52. The Morgan fingerprint density at radius 1 is 1.00 bits per heavy atom. The molecule has 0 bridgehead atoms. The molecule has 0 fully saturated rings. The average molecular weight is 348 g/mol. The first-order valence-electron chi connectivity index (χ1n) is 8.63. The number of benzene rings is 1. The molecule has 138 valence electrons. The molecule has 25 heavy (non-hydrogen) atoms. The standard InChI is InChI=1S/C19H28N2O4/c1-5-13(4)16(19(24)25)21-18(23)15(20-17(22)12(2)3)11-14-9-7-6-8-10-14/h6-10,12-13,15-16H,5,11H2,1-4H3,(H,20,22)(H,21,23)(H,24,25)/t13-,15-,16-/m0/s1. The lowest BCUT2D eigenvalue weighted by Crippen LogP contribution is -2.54. The summed E-state index contributed by atoms with van der Waals surface area (Å²) in [6.07, 6.45) is 0.928. The molecule has 1 rings (SSSR count). The predicted molar refractivity (Wildman–Crippen MR) is 95.9 cm³/mol. The van der Waals surface area contributed by atoms with E-state index in [1.54, 1.807) is 20.8 Å². The molecule has 0 aliphatic rings. The van der Waals surface area contributed by atoms with E-state index in [1.807, 2.05) is 37.3 Å². The molecule has 0 heterocycles. The van der Waals surface area contributed by atoms with E-state index in [4.69, 9.17) is 0 Å². The summed E-state index contributed by atoms with van der Waals surface area (Å²) in [7, 11) is 0. The van der Waals surface area contributed by atoms with Gasteiger partial charge in [-0.25, -0.2) is 4.79 Å². The van der Waals surface area contributed by atoms with Crippen LogP contribution in [0.2, 0.25) is 0 Å². The molecule has 6 nitrogen and oxygen atoms in total. The minimum atomic E-state index is -1.07. The number of rotatable bonds is 9. The topological polar surface area (TPSA) is 95.5 Å². The van der Waals surface area contributed by atoms with Crippen molar-refractivity contribution in [3.63, 3.8) is 0 Å². The maximum absolute atomic E-state index is 12.7. The first-order valence-corrected chi connectivity index (χ1v) is 8.63. The third kappa shape index (κ3) is 6.57. The number of amides is 2. The lowest BCUT2D eigenvalue weighted by atomic mass is 9.98. The third-order valence-electron chi connectivity index (χ3n) is 4.22. The Bertz CT molecular complexity index is 586. The van der Waals surface area contributed by atoms with Crippen molar-refractivity contribution in [2.24, 2.45) is 11.8 Å². The fourth-order valence-electron chi connectivity index (χ4n) is 2.33. The molecule has 0 unspecified atom stereocenters. The van der Waals surface area contributed by atoms with Crippen LogP contribution in [0.1, 0.15) is 39.7 Å².